The summed E-state index contributed by atoms with van der Waals surface area (Å²) < 4.78 is 5.15. The molecule has 106 valence electrons. The molecule has 2 aromatic rings. The second-order valence-corrected chi connectivity index (χ2v) is 6.27. The Hall–Kier alpha value is -1.23. The first kappa shape index (κ1) is 15.2. The minimum Gasteiger partial charge on any atom is -0.497 e. The number of halogens is 1. The normalized spacial score (nSPS) is 13.8. The molecule has 2 rings (SSSR count). The Balaban J connectivity index is 2.03. The maximum Gasteiger partial charge on any atom is 0.118 e. The molecule has 1 heterocycles. The first-order chi connectivity index (χ1) is 9.60. The molecule has 0 radical (unpaired) electrons. The summed E-state index contributed by atoms with van der Waals surface area (Å²) in [6.45, 7) is 2.09. The van der Waals surface area contributed by atoms with Crippen molar-refractivity contribution in [3.63, 3.8) is 0 Å². The number of ether oxygens (including phenoxy) is 1. The zero-order chi connectivity index (χ0) is 14.5. The Kier molecular flexibility index (Phi) is 5.29. The molecule has 3 nitrogen and oxygen atoms in total. The maximum absolute atomic E-state index is 6.29. The van der Waals surface area contributed by atoms with Crippen LogP contribution < -0.4 is 10.5 Å². The molecule has 2 atom stereocenters. The van der Waals surface area contributed by atoms with Crippen molar-refractivity contribution in [2.24, 2.45) is 5.73 Å². The van der Waals surface area contributed by atoms with Gasteiger partial charge in [-0.2, -0.15) is 0 Å². The van der Waals surface area contributed by atoms with Crippen LogP contribution in [0, 0.1) is 0 Å². The summed E-state index contributed by atoms with van der Waals surface area (Å²) >= 11 is 7.47. The fraction of sp³-hybridized carbons (Fsp3) is 0.267. The second kappa shape index (κ2) is 6.97. The molecule has 1 aromatic heterocycles. The molecular weight excluding hydrogens is 292 g/mol. The van der Waals surface area contributed by atoms with Crippen molar-refractivity contribution < 1.29 is 4.74 Å². The van der Waals surface area contributed by atoms with E-state index >= 15 is 0 Å². The lowest BCUT2D eigenvalue weighted by Gasteiger charge is -2.19. The molecule has 0 spiro atoms. The molecule has 0 saturated heterocycles. The van der Waals surface area contributed by atoms with Crippen molar-refractivity contribution in [1.82, 2.24) is 4.98 Å². The van der Waals surface area contributed by atoms with Gasteiger partial charge < -0.3 is 10.5 Å². The number of aromatic nitrogens is 1. The Morgan fingerprint density at radius 2 is 1.90 bits per heavy atom. The molecule has 0 amide bonds. The summed E-state index contributed by atoms with van der Waals surface area (Å²) in [6.07, 6.45) is 1.65. The van der Waals surface area contributed by atoms with E-state index < -0.39 is 0 Å². The summed E-state index contributed by atoms with van der Waals surface area (Å²) in [5.41, 5.74) is 7.38. The number of nitrogens with two attached hydrogens (primary N) is 1. The Morgan fingerprint density at radius 3 is 2.45 bits per heavy atom. The van der Waals surface area contributed by atoms with Crippen LogP contribution in [0.3, 0.4) is 0 Å². The molecule has 5 heteroatoms. The highest BCUT2D eigenvalue weighted by atomic mass is 35.5. The van der Waals surface area contributed by atoms with Gasteiger partial charge in [-0.25, -0.2) is 4.98 Å². The monoisotopic (exact) mass is 308 g/mol. The van der Waals surface area contributed by atoms with Gasteiger partial charge in [0.2, 0.25) is 0 Å². The van der Waals surface area contributed by atoms with Gasteiger partial charge in [0, 0.05) is 17.5 Å². The van der Waals surface area contributed by atoms with Crippen LogP contribution in [-0.4, -0.2) is 17.3 Å². The van der Waals surface area contributed by atoms with Crippen LogP contribution in [0.4, 0.5) is 0 Å². The second-order valence-electron chi connectivity index (χ2n) is 4.44. The molecule has 1 aromatic carbocycles. The number of methoxy groups -OCH3 is 1. The van der Waals surface area contributed by atoms with E-state index in [0.717, 1.165) is 16.3 Å². The average molecular weight is 309 g/mol. The number of hydrogen-bond donors (Lipinski definition) is 1. The molecule has 0 bridgehead atoms. The largest absolute Gasteiger partial charge is 0.497 e. The van der Waals surface area contributed by atoms with E-state index in [2.05, 4.69) is 11.9 Å². The third-order valence-corrected chi connectivity index (χ3v) is 4.38. The number of pyridine rings is 1. The standard InChI is InChI=1S/C15H17ClN2OS/c1-10(20-14-8-5-12(16)9-18-14)15(17)11-3-6-13(19-2)7-4-11/h3-10,15H,17H2,1-2H3. The van der Waals surface area contributed by atoms with Crippen LogP contribution in [0.5, 0.6) is 5.75 Å². The molecule has 2 N–H and O–H groups in total. The van der Waals surface area contributed by atoms with Crippen LogP contribution in [0.2, 0.25) is 5.02 Å². The Morgan fingerprint density at radius 1 is 1.20 bits per heavy atom. The van der Waals surface area contributed by atoms with E-state index in [4.69, 9.17) is 22.1 Å². The van der Waals surface area contributed by atoms with Crippen LogP contribution in [0.25, 0.3) is 0 Å². The van der Waals surface area contributed by atoms with Crippen molar-refractivity contribution in [3.05, 3.63) is 53.2 Å². The highest BCUT2D eigenvalue weighted by molar-refractivity contribution is 7.99. The molecule has 0 saturated carbocycles. The molecular formula is C15H17ClN2OS. The van der Waals surface area contributed by atoms with Gasteiger partial charge in [-0.1, -0.05) is 30.7 Å². The van der Waals surface area contributed by atoms with Crippen molar-refractivity contribution in [1.29, 1.82) is 0 Å². The fourth-order valence-corrected chi connectivity index (χ4v) is 2.85. The number of hydrogen-bond acceptors (Lipinski definition) is 4. The molecule has 0 aliphatic carbocycles. The van der Waals surface area contributed by atoms with Gasteiger partial charge >= 0.3 is 0 Å². The Bertz CT molecular complexity index is 545. The van der Waals surface area contributed by atoms with Gasteiger partial charge in [0.15, 0.2) is 0 Å². The van der Waals surface area contributed by atoms with Crippen LogP contribution in [0.1, 0.15) is 18.5 Å². The van der Waals surface area contributed by atoms with Crippen molar-refractivity contribution >= 4 is 23.4 Å². The zero-order valence-corrected chi connectivity index (χ0v) is 13.0. The highest BCUT2D eigenvalue weighted by Crippen LogP contribution is 2.30. The van der Waals surface area contributed by atoms with Crippen LogP contribution >= 0.6 is 23.4 Å². The zero-order valence-electron chi connectivity index (χ0n) is 11.4. The molecule has 2 unspecified atom stereocenters. The first-order valence-electron chi connectivity index (χ1n) is 6.28. The fourth-order valence-electron chi connectivity index (χ4n) is 1.79. The Labute approximate surface area is 128 Å². The van der Waals surface area contributed by atoms with Crippen LogP contribution in [0.15, 0.2) is 47.6 Å². The van der Waals surface area contributed by atoms with Crippen molar-refractivity contribution in [3.8, 4) is 5.75 Å². The van der Waals surface area contributed by atoms with E-state index in [-0.39, 0.29) is 11.3 Å². The van der Waals surface area contributed by atoms with Gasteiger partial charge in [-0.05, 0) is 29.8 Å². The molecule has 20 heavy (non-hydrogen) atoms. The maximum atomic E-state index is 6.29. The van der Waals surface area contributed by atoms with Crippen LogP contribution in [-0.2, 0) is 0 Å². The lowest BCUT2D eigenvalue weighted by Crippen LogP contribution is -2.21. The van der Waals surface area contributed by atoms with E-state index in [1.165, 1.54) is 0 Å². The lowest BCUT2D eigenvalue weighted by molar-refractivity contribution is 0.414. The third-order valence-electron chi connectivity index (χ3n) is 3.01. The summed E-state index contributed by atoms with van der Waals surface area (Å²) in [5.74, 6) is 0.834. The van der Waals surface area contributed by atoms with E-state index in [1.54, 1.807) is 25.1 Å². The van der Waals surface area contributed by atoms with Crippen molar-refractivity contribution in [2.75, 3.05) is 7.11 Å². The van der Waals surface area contributed by atoms with Gasteiger partial charge in [0.1, 0.15) is 5.75 Å². The smallest absolute Gasteiger partial charge is 0.118 e. The molecule has 0 aliphatic rings. The lowest BCUT2D eigenvalue weighted by atomic mass is 10.1. The predicted octanol–water partition coefficient (Wildman–Crippen LogP) is 3.92. The number of nitrogens with zero attached hydrogens (tertiary/aromatic N) is 1. The number of thioether (sulfide) groups is 1. The SMILES string of the molecule is COc1ccc(C(N)C(C)Sc2ccc(Cl)cn2)cc1. The number of benzene rings is 1. The minimum atomic E-state index is -0.0663. The summed E-state index contributed by atoms with van der Waals surface area (Å²) in [4.78, 5) is 4.28. The van der Waals surface area contributed by atoms with E-state index in [0.29, 0.717) is 5.02 Å². The topological polar surface area (TPSA) is 48.1 Å². The minimum absolute atomic E-state index is 0.0663. The quantitative estimate of drug-likeness (QED) is 0.850. The van der Waals surface area contributed by atoms with E-state index in [9.17, 15) is 0 Å². The van der Waals surface area contributed by atoms with Gasteiger partial charge in [-0.15, -0.1) is 11.8 Å². The third kappa shape index (κ3) is 3.88. The molecule has 0 aliphatic heterocycles. The molecule has 0 fully saturated rings. The summed E-state index contributed by atoms with van der Waals surface area (Å²) in [5, 5.41) is 1.77. The van der Waals surface area contributed by atoms with E-state index in [1.807, 2.05) is 36.4 Å². The summed E-state index contributed by atoms with van der Waals surface area (Å²) in [6, 6.07) is 11.5. The summed E-state index contributed by atoms with van der Waals surface area (Å²) in [7, 11) is 1.65. The van der Waals surface area contributed by atoms with Gasteiger partial charge in [0.25, 0.3) is 0 Å². The van der Waals surface area contributed by atoms with Gasteiger partial charge in [0.05, 0.1) is 17.2 Å². The highest BCUT2D eigenvalue weighted by Gasteiger charge is 2.16. The average Bonchev–Trinajstić information content (AvgIpc) is 2.49. The predicted molar refractivity (Wildman–Crippen MR) is 84.5 cm³/mol. The van der Waals surface area contributed by atoms with Gasteiger partial charge in [-0.3, -0.25) is 0 Å². The first-order valence-corrected chi connectivity index (χ1v) is 7.53. The number of rotatable bonds is 5. The van der Waals surface area contributed by atoms with Crippen molar-refractivity contribution in [2.45, 2.75) is 23.2 Å².